The number of rotatable bonds is 0. The molecule has 17 heavy (non-hydrogen) atoms. The van der Waals surface area contributed by atoms with E-state index >= 15 is 0 Å². The van der Waals surface area contributed by atoms with E-state index in [9.17, 15) is 0 Å². The zero-order valence-electron chi connectivity index (χ0n) is 9.43. The molecule has 1 fully saturated rings. The van der Waals surface area contributed by atoms with Crippen LogP contribution >= 0.6 is 39.9 Å². The molecule has 0 saturated carbocycles. The second kappa shape index (κ2) is 4.71. The van der Waals surface area contributed by atoms with Gasteiger partial charge in [-0.25, -0.2) is 0 Å². The van der Waals surface area contributed by atoms with Crippen LogP contribution in [-0.2, 0) is 11.3 Å². The molecular formula is C12H14BrCl2NO. The third kappa shape index (κ3) is 2.02. The van der Waals surface area contributed by atoms with Gasteiger partial charge in [-0.2, -0.15) is 0 Å². The topological polar surface area (TPSA) is 21.3 Å². The van der Waals surface area contributed by atoms with Crippen molar-refractivity contribution in [2.45, 2.75) is 25.0 Å². The molecule has 94 valence electrons. The van der Waals surface area contributed by atoms with E-state index < -0.39 is 0 Å². The summed E-state index contributed by atoms with van der Waals surface area (Å²) in [6.07, 6.45) is 0. The predicted octanol–water partition coefficient (Wildman–Crippen LogP) is 3.50. The van der Waals surface area contributed by atoms with E-state index in [-0.39, 0.29) is 18.0 Å². The molecule has 2 aliphatic rings. The Morgan fingerprint density at radius 1 is 1.53 bits per heavy atom. The predicted molar refractivity (Wildman–Crippen MR) is 75.2 cm³/mol. The first-order chi connectivity index (χ1) is 7.62. The Hall–Kier alpha value is 0.200. The number of hydrogen-bond donors (Lipinski definition) is 1. The van der Waals surface area contributed by atoms with E-state index in [0.29, 0.717) is 12.5 Å². The molecular weight excluding hydrogens is 325 g/mol. The largest absolute Gasteiger partial charge is 0.369 e. The molecule has 1 saturated heterocycles. The van der Waals surface area contributed by atoms with Crippen molar-refractivity contribution in [2.24, 2.45) is 0 Å². The fourth-order valence-electron chi connectivity index (χ4n) is 2.71. The zero-order chi connectivity index (χ0) is 11.3. The fraction of sp³-hybridized carbons (Fsp3) is 0.500. The zero-order valence-corrected chi connectivity index (χ0v) is 12.6. The van der Waals surface area contributed by atoms with Crippen LogP contribution in [0.15, 0.2) is 16.6 Å². The highest BCUT2D eigenvalue weighted by Gasteiger charge is 2.44. The summed E-state index contributed by atoms with van der Waals surface area (Å²) in [6.45, 7) is 4.69. The molecule has 3 rings (SSSR count). The molecule has 0 radical (unpaired) electrons. The molecule has 0 amide bonds. The second-order valence-corrected chi connectivity index (χ2v) is 5.95. The summed E-state index contributed by atoms with van der Waals surface area (Å²) in [5, 5.41) is 4.20. The van der Waals surface area contributed by atoms with E-state index in [4.69, 9.17) is 16.3 Å². The normalized spacial score (nSPS) is 30.4. The van der Waals surface area contributed by atoms with Crippen LogP contribution in [0.4, 0.5) is 0 Å². The van der Waals surface area contributed by atoms with Crippen molar-refractivity contribution in [1.82, 2.24) is 5.32 Å². The van der Waals surface area contributed by atoms with Gasteiger partial charge in [0.1, 0.15) is 0 Å². The molecule has 0 aliphatic carbocycles. The summed E-state index contributed by atoms with van der Waals surface area (Å²) < 4.78 is 6.93. The van der Waals surface area contributed by atoms with E-state index in [0.717, 1.165) is 28.1 Å². The van der Waals surface area contributed by atoms with Crippen molar-refractivity contribution in [3.05, 3.63) is 32.8 Å². The quantitative estimate of drug-likeness (QED) is 0.781. The minimum absolute atomic E-state index is 0. The summed E-state index contributed by atoms with van der Waals surface area (Å²) >= 11 is 9.76. The van der Waals surface area contributed by atoms with Crippen molar-refractivity contribution in [3.8, 4) is 0 Å². The number of benzene rings is 1. The van der Waals surface area contributed by atoms with Gasteiger partial charge in [0.25, 0.3) is 0 Å². The van der Waals surface area contributed by atoms with Gasteiger partial charge >= 0.3 is 0 Å². The van der Waals surface area contributed by atoms with Crippen molar-refractivity contribution in [3.63, 3.8) is 0 Å². The Labute approximate surface area is 121 Å². The first-order valence-electron chi connectivity index (χ1n) is 5.43. The maximum absolute atomic E-state index is 6.30. The van der Waals surface area contributed by atoms with Crippen LogP contribution in [0.25, 0.3) is 0 Å². The van der Waals surface area contributed by atoms with Gasteiger partial charge in [0.15, 0.2) is 0 Å². The number of halogens is 3. The fourth-order valence-corrected chi connectivity index (χ4v) is 3.31. The van der Waals surface area contributed by atoms with Gasteiger partial charge in [-0.05, 0) is 34.5 Å². The lowest BCUT2D eigenvalue weighted by Crippen LogP contribution is -2.39. The Morgan fingerprint density at radius 2 is 2.29 bits per heavy atom. The van der Waals surface area contributed by atoms with E-state index in [1.165, 1.54) is 5.56 Å². The van der Waals surface area contributed by atoms with Crippen molar-refractivity contribution in [2.75, 3.05) is 13.1 Å². The highest BCUT2D eigenvalue weighted by atomic mass is 79.9. The van der Waals surface area contributed by atoms with Crippen molar-refractivity contribution < 1.29 is 4.74 Å². The molecule has 0 spiro atoms. The van der Waals surface area contributed by atoms with E-state index in [2.05, 4.69) is 34.2 Å². The first-order valence-corrected chi connectivity index (χ1v) is 6.60. The van der Waals surface area contributed by atoms with Gasteiger partial charge in [0, 0.05) is 29.0 Å². The minimum Gasteiger partial charge on any atom is -0.369 e. The molecule has 5 heteroatoms. The summed E-state index contributed by atoms with van der Waals surface area (Å²) in [7, 11) is 0. The van der Waals surface area contributed by atoms with Crippen LogP contribution < -0.4 is 5.32 Å². The summed E-state index contributed by atoms with van der Waals surface area (Å²) in [5.74, 6) is 0.418. The third-order valence-electron chi connectivity index (χ3n) is 3.72. The molecule has 2 heterocycles. The average Bonchev–Trinajstić information content (AvgIpc) is 2.65. The summed E-state index contributed by atoms with van der Waals surface area (Å²) in [4.78, 5) is 0. The van der Waals surface area contributed by atoms with Crippen molar-refractivity contribution in [1.29, 1.82) is 0 Å². The van der Waals surface area contributed by atoms with Gasteiger partial charge < -0.3 is 10.1 Å². The highest BCUT2D eigenvalue weighted by molar-refractivity contribution is 9.10. The third-order valence-corrected chi connectivity index (χ3v) is 5.04. The molecule has 2 aliphatic heterocycles. The van der Waals surface area contributed by atoms with Crippen LogP contribution in [0.5, 0.6) is 0 Å². The Balaban J connectivity index is 0.00000108. The van der Waals surface area contributed by atoms with Crippen LogP contribution in [0.2, 0.25) is 5.02 Å². The molecule has 1 aromatic rings. The number of nitrogens with one attached hydrogen (secondary N) is 1. The molecule has 2 nitrogen and oxygen atoms in total. The monoisotopic (exact) mass is 337 g/mol. The number of fused-ring (bicyclic) bond motifs is 3. The van der Waals surface area contributed by atoms with Gasteiger partial charge in [0.05, 0.1) is 17.2 Å². The van der Waals surface area contributed by atoms with Gasteiger partial charge in [0.2, 0.25) is 0 Å². The molecule has 1 aromatic carbocycles. The molecule has 2 atom stereocenters. The Morgan fingerprint density at radius 3 is 3.06 bits per heavy atom. The lowest BCUT2D eigenvalue weighted by Gasteiger charge is -2.37. The highest BCUT2D eigenvalue weighted by Crippen LogP contribution is 2.44. The summed E-state index contributed by atoms with van der Waals surface area (Å²) in [6, 6.07) is 4.20. The smallest absolute Gasteiger partial charge is 0.0863 e. The molecule has 0 aromatic heterocycles. The lowest BCUT2D eigenvalue weighted by molar-refractivity contribution is -0.0517. The first kappa shape index (κ1) is 13.6. The van der Waals surface area contributed by atoms with E-state index in [1.807, 2.05) is 6.07 Å². The lowest BCUT2D eigenvalue weighted by atomic mass is 9.81. The van der Waals surface area contributed by atoms with Gasteiger partial charge in [-0.3, -0.25) is 0 Å². The van der Waals surface area contributed by atoms with Gasteiger partial charge in [-0.1, -0.05) is 17.7 Å². The molecule has 2 unspecified atom stereocenters. The maximum Gasteiger partial charge on any atom is 0.0863 e. The number of ether oxygens (including phenoxy) is 1. The van der Waals surface area contributed by atoms with Crippen molar-refractivity contribution >= 4 is 39.9 Å². The van der Waals surface area contributed by atoms with E-state index in [1.54, 1.807) is 0 Å². The van der Waals surface area contributed by atoms with Gasteiger partial charge in [-0.15, -0.1) is 12.4 Å². The summed E-state index contributed by atoms with van der Waals surface area (Å²) in [5.41, 5.74) is 2.42. The minimum atomic E-state index is -0.0653. The standard InChI is InChI=1S/C12H13BrClNO.ClH/c1-12-6-15-4-9(12)7-2-3-10(13)11(14)8(7)5-16-12;/h2-3,9,15H,4-6H2,1H3;1H. The second-order valence-electron chi connectivity index (χ2n) is 4.71. The molecule has 1 N–H and O–H groups in total. The average molecular weight is 339 g/mol. The van der Waals surface area contributed by atoms with Crippen LogP contribution in [0.1, 0.15) is 24.0 Å². The SMILES string of the molecule is CC12CNCC1c1ccc(Br)c(Cl)c1CO2.Cl. The Bertz CT molecular complexity index is 454. The maximum atomic E-state index is 6.30. The van der Waals surface area contributed by atoms with Crippen LogP contribution in [-0.4, -0.2) is 18.7 Å². The Kier molecular flexibility index (Phi) is 3.77. The van der Waals surface area contributed by atoms with Crippen LogP contribution in [0, 0.1) is 0 Å². The molecule has 0 bridgehead atoms. The number of hydrogen-bond acceptors (Lipinski definition) is 2. The van der Waals surface area contributed by atoms with Crippen LogP contribution in [0.3, 0.4) is 0 Å².